The number of alkyl halides is 3. The van der Waals surface area contributed by atoms with Gasteiger partial charge in [0, 0.05) is 16.8 Å². The molecule has 0 saturated carbocycles. The van der Waals surface area contributed by atoms with Crippen LogP contribution in [0.5, 0.6) is 0 Å². The molecule has 1 nitrogen and oxygen atoms in total. The van der Waals surface area contributed by atoms with Crippen LogP contribution in [0.4, 0.5) is 17.6 Å². The standard InChI is InChI=1S/C12H6ClF4N/c13-9-1-2-18-11(6-9)7-3-8(12(15,16)17)5-10(14)4-7/h1-6H. The van der Waals surface area contributed by atoms with Crippen LogP contribution in [-0.4, -0.2) is 4.98 Å². The van der Waals surface area contributed by atoms with Crippen molar-refractivity contribution in [2.45, 2.75) is 6.18 Å². The van der Waals surface area contributed by atoms with Gasteiger partial charge in [0.25, 0.3) is 0 Å². The third-order valence-electron chi connectivity index (χ3n) is 2.24. The Labute approximate surface area is 105 Å². The summed E-state index contributed by atoms with van der Waals surface area (Å²) >= 11 is 5.71. The highest BCUT2D eigenvalue weighted by Gasteiger charge is 2.31. The topological polar surface area (TPSA) is 12.9 Å². The number of hydrogen-bond acceptors (Lipinski definition) is 1. The normalized spacial score (nSPS) is 11.6. The van der Waals surface area contributed by atoms with Crippen LogP contribution < -0.4 is 0 Å². The molecule has 6 heteroatoms. The highest BCUT2D eigenvalue weighted by molar-refractivity contribution is 6.30. The number of aromatic nitrogens is 1. The van der Waals surface area contributed by atoms with Gasteiger partial charge in [-0.25, -0.2) is 4.39 Å². The lowest BCUT2D eigenvalue weighted by Crippen LogP contribution is -2.05. The van der Waals surface area contributed by atoms with Crippen LogP contribution in [0.3, 0.4) is 0 Å². The van der Waals surface area contributed by atoms with E-state index in [-0.39, 0.29) is 11.3 Å². The van der Waals surface area contributed by atoms with Crippen LogP contribution in [0.15, 0.2) is 36.5 Å². The van der Waals surface area contributed by atoms with Crippen molar-refractivity contribution in [1.29, 1.82) is 0 Å². The van der Waals surface area contributed by atoms with E-state index in [1.165, 1.54) is 18.3 Å². The minimum absolute atomic E-state index is 0.0322. The van der Waals surface area contributed by atoms with E-state index in [1.54, 1.807) is 0 Å². The van der Waals surface area contributed by atoms with E-state index in [4.69, 9.17) is 11.6 Å². The number of nitrogens with zero attached hydrogens (tertiary/aromatic N) is 1. The van der Waals surface area contributed by atoms with Crippen LogP contribution in [0.2, 0.25) is 5.02 Å². The Bertz CT molecular complexity index is 581. The lowest BCUT2D eigenvalue weighted by atomic mass is 10.1. The Morgan fingerprint density at radius 2 is 1.78 bits per heavy atom. The van der Waals surface area contributed by atoms with Crippen molar-refractivity contribution >= 4 is 11.6 Å². The molecule has 94 valence electrons. The van der Waals surface area contributed by atoms with Gasteiger partial charge in [-0.3, -0.25) is 4.98 Å². The van der Waals surface area contributed by atoms with Gasteiger partial charge in [0.1, 0.15) is 5.82 Å². The lowest BCUT2D eigenvalue weighted by molar-refractivity contribution is -0.137. The van der Waals surface area contributed by atoms with Gasteiger partial charge in [0.15, 0.2) is 0 Å². The monoisotopic (exact) mass is 275 g/mol. The smallest absolute Gasteiger partial charge is 0.256 e. The Hall–Kier alpha value is -1.62. The molecule has 0 fully saturated rings. The van der Waals surface area contributed by atoms with Crippen molar-refractivity contribution in [3.63, 3.8) is 0 Å². The summed E-state index contributed by atoms with van der Waals surface area (Å²) in [4.78, 5) is 3.86. The fourth-order valence-electron chi connectivity index (χ4n) is 1.46. The minimum atomic E-state index is -4.60. The summed E-state index contributed by atoms with van der Waals surface area (Å²) in [5, 5.41) is 0.317. The second-order valence-electron chi connectivity index (χ2n) is 3.59. The van der Waals surface area contributed by atoms with Crippen LogP contribution in [0.25, 0.3) is 11.3 Å². The maximum Gasteiger partial charge on any atom is 0.416 e. The average Bonchev–Trinajstić information content (AvgIpc) is 2.27. The molecule has 0 spiro atoms. The van der Waals surface area contributed by atoms with E-state index in [0.29, 0.717) is 11.1 Å². The van der Waals surface area contributed by atoms with Gasteiger partial charge in [0.05, 0.1) is 11.3 Å². The predicted molar refractivity (Wildman–Crippen MR) is 59.6 cm³/mol. The fourth-order valence-corrected chi connectivity index (χ4v) is 1.62. The van der Waals surface area contributed by atoms with Gasteiger partial charge in [-0.15, -0.1) is 0 Å². The molecule has 2 aromatic rings. The Balaban J connectivity index is 2.55. The van der Waals surface area contributed by atoms with Crippen molar-refractivity contribution in [2.24, 2.45) is 0 Å². The van der Waals surface area contributed by atoms with Crippen molar-refractivity contribution in [2.75, 3.05) is 0 Å². The number of benzene rings is 1. The number of halogens is 5. The summed E-state index contributed by atoms with van der Waals surface area (Å²) in [5.41, 5.74) is -0.836. The maximum atomic E-state index is 13.2. The quantitative estimate of drug-likeness (QED) is 0.695. The Kier molecular flexibility index (Phi) is 3.26. The van der Waals surface area contributed by atoms with E-state index in [9.17, 15) is 17.6 Å². The summed E-state index contributed by atoms with van der Waals surface area (Å²) in [6.07, 6.45) is -3.26. The molecule has 0 saturated heterocycles. The number of pyridine rings is 1. The maximum absolute atomic E-state index is 13.2. The first-order valence-corrected chi connectivity index (χ1v) is 5.24. The predicted octanol–water partition coefficient (Wildman–Crippen LogP) is 4.56. The number of hydrogen-bond donors (Lipinski definition) is 0. The largest absolute Gasteiger partial charge is 0.416 e. The molecule has 18 heavy (non-hydrogen) atoms. The van der Waals surface area contributed by atoms with E-state index in [2.05, 4.69) is 4.98 Å². The lowest BCUT2D eigenvalue weighted by Gasteiger charge is -2.09. The molecule has 0 aliphatic rings. The summed E-state index contributed by atoms with van der Waals surface area (Å²) < 4.78 is 50.8. The second kappa shape index (κ2) is 4.57. The first-order chi connectivity index (χ1) is 8.36. The van der Waals surface area contributed by atoms with E-state index >= 15 is 0 Å². The van der Waals surface area contributed by atoms with Crippen molar-refractivity contribution in [1.82, 2.24) is 4.98 Å². The average molecular weight is 276 g/mol. The molecule has 0 radical (unpaired) electrons. The summed E-state index contributed by atoms with van der Waals surface area (Å²) in [6.45, 7) is 0. The zero-order valence-electron chi connectivity index (χ0n) is 8.80. The van der Waals surface area contributed by atoms with Gasteiger partial charge < -0.3 is 0 Å². The van der Waals surface area contributed by atoms with Crippen molar-refractivity contribution < 1.29 is 17.6 Å². The SMILES string of the molecule is Fc1cc(-c2cc(Cl)ccn2)cc(C(F)(F)F)c1. The first kappa shape index (κ1) is 12.8. The fraction of sp³-hybridized carbons (Fsp3) is 0.0833. The van der Waals surface area contributed by atoms with Gasteiger partial charge in [-0.05, 0) is 30.3 Å². The zero-order chi connectivity index (χ0) is 13.3. The highest BCUT2D eigenvalue weighted by Crippen LogP contribution is 2.33. The Morgan fingerprint density at radius 1 is 1.06 bits per heavy atom. The van der Waals surface area contributed by atoms with E-state index in [1.807, 2.05) is 0 Å². The first-order valence-electron chi connectivity index (χ1n) is 4.86. The van der Waals surface area contributed by atoms with E-state index in [0.717, 1.165) is 12.1 Å². The zero-order valence-corrected chi connectivity index (χ0v) is 9.56. The molecular weight excluding hydrogens is 270 g/mol. The summed E-state index contributed by atoms with van der Waals surface area (Å²) in [6, 6.07) is 5.11. The molecule has 0 aliphatic heterocycles. The second-order valence-corrected chi connectivity index (χ2v) is 4.02. The van der Waals surface area contributed by atoms with Gasteiger partial charge in [-0.2, -0.15) is 13.2 Å². The van der Waals surface area contributed by atoms with Crippen LogP contribution in [-0.2, 0) is 6.18 Å². The molecule has 0 atom stereocenters. The van der Waals surface area contributed by atoms with Gasteiger partial charge >= 0.3 is 6.18 Å². The van der Waals surface area contributed by atoms with Gasteiger partial charge in [-0.1, -0.05) is 11.6 Å². The molecule has 0 aliphatic carbocycles. The molecular formula is C12H6ClF4N. The summed E-state index contributed by atoms with van der Waals surface area (Å²) in [5.74, 6) is -0.971. The Morgan fingerprint density at radius 3 is 2.39 bits per heavy atom. The minimum Gasteiger partial charge on any atom is -0.256 e. The molecule has 2 rings (SSSR count). The molecule has 0 bridgehead atoms. The van der Waals surface area contributed by atoms with Crippen molar-refractivity contribution in [3.8, 4) is 11.3 Å². The van der Waals surface area contributed by atoms with Crippen molar-refractivity contribution in [3.05, 3.63) is 52.9 Å². The molecule has 0 amide bonds. The van der Waals surface area contributed by atoms with Gasteiger partial charge in [0.2, 0.25) is 0 Å². The third kappa shape index (κ3) is 2.79. The molecule has 1 aromatic carbocycles. The molecule has 0 N–H and O–H groups in total. The molecule has 1 heterocycles. The van der Waals surface area contributed by atoms with Crippen LogP contribution >= 0.6 is 11.6 Å². The molecule has 0 unspecified atom stereocenters. The molecule has 1 aromatic heterocycles. The van der Waals surface area contributed by atoms with E-state index < -0.39 is 17.6 Å². The van der Waals surface area contributed by atoms with Crippen LogP contribution in [0.1, 0.15) is 5.56 Å². The third-order valence-corrected chi connectivity index (χ3v) is 2.48. The van der Waals surface area contributed by atoms with Crippen LogP contribution in [0, 0.1) is 5.82 Å². The highest BCUT2D eigenvalue weighted by atomic mass is 35.5. The number of rotatable bonds is 1. The summed E-state index contributed by atoms with van der Waals surface area (Å²) in [7, 11) is 0.